The summed E-state index contributed by atoms with van der Waals surface area (Å²) in [5.41, 5.74) is 0.321. The first-order valence-electron chi connectivity index (χ1n) is 11.0. The van der Waals surface area contributed by atoms with E-state index >= 15 is 0 Å². The van der Waals surface area contributed by atoms with Gasteiger partial charge in [-0.05, 0) is 79.1 Å². The van der Waals surface area contributed by atoms with E-state index in [4.69, 9.17) is 0 Å². The third-order valence-corrected chi connectivity index (χ3v) is 7.51. The standard InChI is InChI=1S/C25H22F4N2O4S/c26-18-7-9-19(10-8-18)31-23(16-3-11-20(32)12-4-16)22(24(31)33)2-1-15-30-36(34,35)21-13-5-17(6-14-21)25(27,28)29/h3-14,22-23,30,32H,1-2,15H2/t22-,23-/m1/s1. The van der Waals surface area contributed by atoms with Crippen LogP contribution in [-0.4, -0.2) is 26.0 Å². The van der Waals surface area contributed by atoms with Crippen molar-refractivity contribution in [2.24, 2.45) is 5.92 Å². The van der Waals surface area contributed by atoms with Crippen LogP contribution >= 0.6 is 0 Å². The SMILES string of the molecule is O=C1[C@H](CCCNS(=O)(=O)c2ccc(C(F)(F)F)cc2)[C@@H](c2ccc(O)cc2)N1c1ccc(F)cc1. The number of carbonyl (C=O) groups is 1. The minimum absolute atomic E-state index is 0.0218. The van der Waals surface area contributed by atoms with Crippen LogP contribution in [0.3, 0.4) is 0 Å². The number of halogens is 4. The van der Waals surface area contributed by atoms with Crippen LogP contribution in [0.2, 0.25) is 0 Å². The van der Waals surface area contributed by atoms with Crippen LogP contribution in [0.25, 0.3) is 0 Å². The second-order valence-electron chi connectivity index (χ2n) is 8.39. The Bertz CT molecular complexity index is 1330. The number of phenols is 1. The van der Waals surface area contributed by atoms with Crippen LogP contribution in [0.5, 0.6) is 5.75 Å². The van der Waals surface area contributed by atoms with E-state index in [0.29, 0.717) is 30.7 Å². The molecule has 1 aliphatic heterocycles. The highest BCUT2D eigenvalue weighted by Crippen LogP contribution is 2.45. The molecule has 0 aliphatic carbocycles. The van der Waals surface area contributed by atoms with E-state index in [9.17, 15) is 35.9 Å². The summed E-state index contributed by atoms with van der Waals surface area (Å²) in [6.07, 6.45) is -3.94. The predicted molar refractivity (Wildman–Crippen MR) is 124 cm³/mol. The number of hydrogen-bond acceptors (Lipinski definition) is 4. The zero-order valence-corrected chi connectivity index (χ0v) is 19.6. The summed E-state index contributed by atoms with van der Waals surface area (Å²) in [6.45, 7) is -0.0218. The average Bonchev–Trinajstić information content (AvgIpc) is 2.83. The molecular formula is C25H22F4N2O4S. The van der Waals surface area contributed by atoms with Crippen molar-refractivity contribution >= 4 is 21.6 Å². The Morgan fingerprint density at radius 2 is 1.53 bits per heavy atom. The van der Waals surface area contributed by atoms with E-state index < -0.39 is 39.5 Å². The van der Waals surface area contributed by atoms with Crippen LogP contribution < -0.4 is 9.62 Å². The van der Waals surface area contributed by atoms with E-state index in [-0.39, 0.29) is 23.1 Å². The maximum absolute atomic E-state index is 13.4. The van der Waals surface area contributed by atoms with Crippen molar-refractivity contribution in [2.45, 2.75) is 30.0 Å². The second-order valence-corrected chi connectivity index (χ2v) is 10.2. The predicted octanol–water partition coefficient (Wildman–Crippen LogP) is 5.01. The number of phenolic OH excluding ortho intramolecular Hbond substituents is 1. The maximum Gasteiger partial charge on any atom is 0.416 e. The summed E-state index contributed by atoms with van der Waals surface area (Å²) in [5, 5.41) is 9.62. The van der Waals surface area contributed by atoms with E-state index in [2.05, 4.69) is 4.72 Å². The lowest BCUT2D eigenvalue weighted by molar-refractivity contribution is -0.137. The lowest BCUT2D eigenvalue weighted by Crippen LogP contribution is -2.55. The minimum Gasteiger partial charge on any atom is -0.508 e. The smallest absolute Gasteiger partial charge is 0.416 e. The summed E-state index contributed by atoms with van der Waals surface area (Å²) >= 11 is 0. The van der Waals surface area contributed by atoms with Crippen molar-refractivity contribution in [1.82, 2.24) is 4.72 Å². The number of nitrogens with one attached hydrogen (secondary N) is 1. The number of β-lactam (4-membered cyclic amide) rings is 1. The van der Waals surface area contributed by atoms with E-state index in [1.165, 1.54) is 41.3 Å². The first kappa shape index (κ1) is 25.6. The van der Waals surface area contributed by atoms with E-state index in [0.717, 1.165) is 17.7 Å². The van der Waals surface area contributed by atoms with Gasteiger partial charge in [0.1, 0.15) is 11.6 Å². The molecule has 2 N–H and O–H groups in total. The Kier molecular flexibility index (Phi) is 7.05. The molecule has 0 spiro atoms. The summed E-state index contributed by atoms with van der Waals surface area (Å²) in [7, 11) is -4.03. The normalized spacial score (nSPS) is 18.2. The van der Waals surface area contributed by atoms with Gasteiger partial charge in [0.2, 0.25) is 15.9 Å². The molecule has 1 saturated heterocycles. The molecule has 36 heavy (non-hydrogen) atoms. The summed E-state index contributed by atoms with van der Waals surface area (Å²) in [5.74, 6) is -1.06. The number of benzene rings is 3. The van der Waals surface area contributed by atoms with Crippen molar-refractivity contribution in [1.29, 1.82) is 0 Å². The molecule has 1 heterocycles. The van der Waals surface area contributed by atoms with Crippen molar-refractivity contribution in [3.8, 4) is 5.75 Å². The molecule has 2 atom stereocenters. The van der Waals surface area contributed by atoms with E-state index in [1.54, 1.807) is 12.1 Å². The Hall–Kier alpha value is -3.44. The van der Waals surface area contributed by atoms with Gasteiger partial charge in [0.25, 0.3) is 0 Å². The monoisotopic (exact) mass is 522 g/mol. The third kappa shape index (κ3) is 5.36. The average molecular weight is 523 g/mol. The topological polar surface area (TPSA) is 86.7 Å². The molecule has 1 fully saturated rings. The number of aromatic hydroxyl groups is 1. The fourth-order valence-corrected chi connectivity index (χ4v) is 5.28. The van der Waals surface area contributed by atoms with Gasteiger partial charge in [0.05, 0.1) is 22.4 Å². The number of nitrogens with zero attached hydrogens (tertiary/aromatic N) is 1. The van der Waals surface area contributed by atoms with Gasteiger partial charge in [0.15, 0.2) is 0 Å². The second kappa shape index (κ2) is 9.90. The number of hydrogen-bond donors (Lipinski definition) is 2. The van der Waals surface area contributed by atoms with Crippen LogP contribution in [0, 0.1) is 11.7 Å². The van der Waals surface area contributed by atoms with Crippen molar-refractivity contribution in [2.75, 3.05) is 11.4 Å². The Morgan fingerprint density at radius 1 is 0.917 bits per heavy atom. The number of rotatable bonds is 8. The summed E-state index contributed by atoms with van der Waals surface area (Å²) < 4.78 is 78.8. The molecule has 11 heteroatoms. The molecular weight excluding hydrogens is 500 g/mol. The van der Waals surface area contributed by atoms with Gasteiger partial charge in [-0.2, -0.15) is 13.2 Å². The van der Waals surface area contributed by atoms with Crippen LogP contribution in [0.4, 0.5) is 23.2 Å². The van der Waals surface area contributed by atoms with E-state index in [1.807, 2.05) is 0 Å². The van der Waals surface area contributed by atoms with Gasteiger partial charge in [-0.1, -0.05) is 12.1 Å². The first-order chi connectivity index (χ1) is 17.0. The third-order valence-electron chi connectivity index (χ3n) is 6.03. The molecule has 3 aromatic carbocycles. The summed E-state index contributed by atoms with van der Waals surface area (Å²) in [4.78, 5) is 14.2. The molecule has 0 saturated carbocycles. The molecule has 190 valence electrons. The highest BCUT2D eigenvalue weighted by molar-refractivity contribution is 7.89. The van der Waals surface area contributed by atoms with Crippen LogP contribution in [-0.2, 0) is 21.0 Å². The molecule has 0 aromatic heterocycles. The largest absolute Gasteiger partial charge is 0.508 e. The number of carbonyl (C=O) groups excluding carboxylic acids is 1. The highest BCUT2D eigenvalue weighted by Gasteiger charge is 2.48. The van der Waals surface area contributed by atoms with Crippen LogP contribution in [0.15, 0.2) is 77.7 Å². The zero-order chi connectivity index (χ0) is 26.1. The Balaban J connectivity index is 1.42. The summed E-state index contributed by atoms with van der Waals surface area (Å²) in [6, 6.07) is 14.6. The maximum atomic E-state index is 13.4. The lowest BCUT2D eigenvalue weighted by atomic mass is 9.79. The van der Waals surface area contributed by atoms with Crippen LogP contribution in [0.1, 0.15) is 30.0 Å². The number of anilines is 1. The molecule has 6 nitrogen and oxygen atoms in total. The minimum atomic E-state index is -4.57. The molecule has 4 rings (SSSR count). The van der Waals surface area contributed by atoms with Gasteiger partial charge in [-0.25, -0.2) is 17.5 Å². The quantitative estimate of drug-likeness (QED) is 0.247. The number of amides is 1. The van der Waals surface area contributed by atoms with Gasteiger partial charge in [-0.3, -0.25) is 4.79 Å². The molecule has 1 amide bonds. The Morgan fingerprint density at radius 3 is 2.11 bits per heavy atom. The van der Waals surface area contributed by atoms with Gasteiger partial charge in [-0.15, -0.1) is 0 Å². The van der Waals surface area contributed by atoms with Gasteiger partial charge in [0, 0.05) is 12.2 Å². The Labute approximate surface area is 205 Å². The van der Waals surface area contributed by atoms with Crippen molar-refractivity contribution in [3.63, 3.8) is 0 Å². The van der Waals surface area contributed by atoms with Crippen molar-refractivity contribution in [3.05, 3.63) is 89.7 Å². The molecule has 0 bridgehead atoms. The zero-order valence-electron chi connectivity index (χ0n) is 18.7. The van der Waals surface area contributed by atoms with Gasteiger partial charge < -0.3 is 10.0 Å². The number of sulfonamides is 1. The molecule has 0 unspecified atom stereocenters. The molecule has 0 radical (unpaired) electrons. The number of alkyl halides is 3. The highest BCUT2D eigenvalue weighted by atomic mass is 32.2. The molecule has 3 aromatic rings. The lowest BCUT2D eigenvalue weighted by Gasteiger charge is -2.47. The fraction of sp³-hybridized carbons (Fsp3) is 0.240. The first-order valence-corrected chi connectivity index (χ1v) is 12.5. The molecule has 1 aliphatic rings. The fourth-order valence-electron chi connectivity index (χ4n) is 4.21. The van der Waals surface area contributed by atoms with Gasteiger partial charge >= 0.3 is 6.18 Å². The van der Waals surface area contributed by atoms with Crippen molar-refractivity contribution < 1.29 is 35.9 Å².